The van der Waals surface area contributed by atoms with Crippen molar-refractivity contribution in [2.45, 2.75) is 0 Å². The number of nitrogens with two attached hydrogens (primary N) is 1. The van der Waals surface area contributed by atoms with Crippen LogP contribution in [0.1, 0.15) is 0 Å². The highest BCUT2D eigenvalue weighted by Crippen LogP contribution is 2.30. The normalized spacial score (nSPS) is 17.7. The first-order valence-corrected chi connectivity index (χ1v) is 8.38. The molecule has 1 saturated heterocycles. The Hall–Kier alpha value is -0.860. The van der Waals surface area contributed by atoms with Gasteiger partial charge in [0.15, 0.2) is 0 Å². The first-order valence-electron chi connectivity index (χ1n) is 5.73. The van der Waals surface area contributed by atoms with Crippen molar-refractivity contribution >= 4 is 37.3 Å². The highest BCUT2D eigenvalue weighted by molar-refractivity contribution is 9.10. The summed E-state index contributed by atoms with van der Waals surface area (Å²) in [5.41, 5.74) is 6.95. The van der Waals surface area contributed by atoms with E-state index in [0.29, 0.717) is 42.0 Å². The van der Waals surface area contributed by atoms with Gasteiger partial charge in [0.25, 0.3) is 0 Å². The van der Waals surface area contributed by atoms with Gasteiger partial charge in [-0.2, -0.15) is 4.31 Å². The molecule has 0 bridgehead atoms. The van der Waals surface area contributed by atoms with Crippen LogP contribution in [-0.4, -0.2) is 45.2 Å². The van der Waals surface area contributed by atoms with E-state index in [4.69, 9.17) is 5.73 Å². The van der Waals surface area contributed by atoms with E-state index < -0.39 is 10.0 Å². The average Bonchev–Trinajstić information content (AvgIpc) is 2.33. The predicted molar refractivity (Wildman–Crippen MR) is 77.1 cm³/mol. The van der Waals surface area contributed by atoms with Crippen LogP contribution < -0.4 is 10.6 Å². The molecule has 1 aromatic carbocycles. The van der Waals surface area contributed by atoms with Crippen molar-refractivity contribution in [2.75, 3.05) is 43.1 Å². The Bertz CT molecular complexity index is 586. The van der Waals surface area contributed by atoms with Crippen LogP contribution in [0.25, 0.3) is 0 Å². The minimum atomic E-state index is -3.16. The van der Waals surface area contributed by atoms with Gasteiger partial charge in [0.05, 0.1) is 22.1 Å². The van der Waals surface area contributed by atoms with Gasteiger partial charge in [0, 0.05) is 32.2 Å². The van der Waals surface area contributed by atoms with Gasteiger partial charge < -0.3 is 10.6 Å². The van der Waals surface area contributed by atoms with Crippen molar-refractivity contribution in [3.05, 3.63) is 22.4 Å². The molecule has 2 rings (SSSR count). The number of benzene rings is 1. The first kappa shape index (κ1) is 14.5. The van der Waals surface area contributed by atoms with Crippen LogP contribution in [0, 0.1) is 5.82 Å². The molecule has 0 saturated carbocycles. The van der Waals surface area contributed by atoms with Gasteiger partial charge >= 0.3 is 0 Å². The summed E-state index contributed by atoms with van der Waals surface area (Å²) in [5.74, 6) is -0.380. The molecule has 1 fully saturated rings. The minimum absolute atomic E-state index is 0.323. The van der Waals surface area contributed by atoms with Gasteiger partial charge in [-0.15, -0.1) is 0 Å². The Morgan fingerprint density at radius 3 is 2.37 bits per heavy atom. The summed E-state index contributed by atoms with van der Waals surface area (Å²) in [5, 5.41) is 0. The zero-order valence-corrected chi connectivity index (χ0v) is 12.8. The maximum Gasteiger partial charge on any atom is 0.211 e. The quantitative estimate of drug-likeness (QED) is 0.814. The number of hydrogen-bond acceptors (Lipinski definition) is 4. The molecule has 5 nitrogen and oxygen atoms in total. The third-order valence-electron chi connectivity index (χ3n) is 3.12. The summed E-state index contributed by atoms with van der Waals surface area (Å²) in [7, 11) is -3.16. The molecule has 1 aromatic rings. The monoisotopic (exact) mass is 351 g/mol. The second kappa shape index (κ2) is 5.26. The maximum absolute atomic E-state index is 13.5. The number of anilines is 2. The summed E-state index contributed by atoms with van der Waals surface area (Å²) >= 11 is 3.08. The lowest BCUT2D eigenvalue weighted by molar-refractivity contribution is 0.388. The summed E-state index contributed by atoms with van der Waals surface area (Å²) < 4.78 is 38.1. The molecule has 0 aromatic heterocycles. The largest absolute Gasteiger partial charge is 0.397 e. The number of hydrogen-bond donors (Lipinski definition) is 1. The topological polar surface area (TPSA) is 66.6 Å². The smallest absolute Gasteiger partial charge is 0.211 e. The van der Waals surface area contributed by atoms with Gasteiger partial charge in [-0.25, -0.2) is 12.8 Å². The number of rotatable bonds is 2. The predicted octanol–water partition coefficient (Wildman–Crippen LogP) is 1.25. The van der Waals surface area contributed by atoms with Crippen LogP contribution in [0.2, 0.25) is 0 Å². The van der Waals surface area contributed by atoms with Crippen molar-refractivity contribution in [3.8, 4) is 0 Å². The molecule has 19 heavy (non-hydrogen) atoms. The lowest BCUT2D eigenvalue weighted by atomic mass is 10.2. The molecule has 1 aliphatic rings. The lowest BCUT2D eigenvalue weighted by Crippen LogP contribution is -2.48. The highest BCUT2D eigenvalue weighted by Gasteiger charge is 2.24. The molecule has 0 unspecified atom stereocenters. The van der Waals surface area contributed by atoms with E-state index in [-0.39, 0.29) is 5.82 Å². The number of halogens is 2. The minimum Gasteiger partial charge on any atom is -0.397 e. The van der Waals surface area contributed by atoms with Crippen LogP contribution in [-0.2, 0) is 10.0 Å². The van der Waals surface area contributed by atoms with Crippen LogP contribution in [0.5, 0.6) is 0 Å². The van der Waals surface area contributed by atoms with Crippen molar-refractivity contribution in [1.82, 2.24) is 4.31 Å². The number of piperazine rings is 1. The first-order chi connectivity index (χ1) is 8.79. The summed E-state index contributed by atoms with van der Waals surface area (Å²) in [6, 6.07) is 2.89. The fraction of sp³-hybridized carbons (Fsp3) is 0.455. The zero-order chi connectivity index (χ0) is 14.2. The Balaban J connectivity index is 2.16. The number of nitrogen functional groups attached to an aromatic ring is 1. The van der Waals surface area contributed by atoms with Crippen LogP contribution in [0.4, 0.5) is 15.8 Å². The summed E-state index contributed by atoms with van der Waals surface area (Å²) in [6.45, 7) is 1.77. The Labute approximate surface area is 120 Å². The van der Waals surface area contributed by atoms with Gasteiger partial charge in [-0.1, -0.05) is 0 Å². The number of sulfonamides is 1. The van der Waals surface area contributed by atoms with Gasteiger partial charge in [0.1, 0.15) is 5.82 Å². The molecule has 0 atom stereocenters. The molecular formula is C11H15BrFN3O2S. The third-order valence-corrected chi connectivity index (χ3v) is 5.03. The summed E-state index contributed by atoms with van der Waals surface area (Å²) in [6.07, 6.45) is 1.19. The van der Waals surface area contributed by atoms with Crippen molar-refractivity contribution in [3.63, 3.8) is 0 Å². The lowest BCUT2D eigenvalue weighted by Gasteiger charge is -2.35. The van der Waals surface area contributed by atoms with E-state index in [0.717, 1.165) is 0 Å². The van der Waals surface area contributed by atoms with E-state index >= 15 is 0 Å². The maximum atomic E-state index is 13.5. The molecule has 0 radical (unpaired) electrons. The zero-order valence-electron chi connectivity index (χ0n) is 10.4. The van der Waals surface area contributed by atoms with E-state index in [2.05, 4.69) is 15.9 Å². The van der Waals surface area contributed by atoms with Crippen LogP contribution in [0.15, 0.2) is 16.6 Å². The molecule has 0 spiro atoms. The Kier molecular flexibility index (Phi) is 4.03. The van der Waals surface area contributed by atoms with Crippen molar-refractivity contribution in [1.29, 1.82) is 0 Å². The molecule has 0 aliphatic carbocycles. The summed E-state index contributed by atoms with van der Waals surface area (Å²) in [4.78, 5) is 1.90. The molecule has 1 heterocycles. The Morgan fingerprint density at radius 2 is 1.84 bits per heavy atom. The van der Waals surface area contributed by atoms with E-state index in [1.807, 2.05) is 4.90 Å². The Morgan fingerprint density at radius 1 is 1.26 bits per heavy atom. The van der Waals surface area contributed by atoms with Crippen molar-refractivity contribution < 1.29 is 12.8 Å². The molecule has 2 N–H and O–H groups in total. The van der Waals surface area contributed by atoms with Gasteiger partial charge in [-0.3, -0.25) is 0 Å². The third kappa shape index (κ3) is 3.18. The van der Waals surface area contributed by atoms with Gasteiger partial charge in [-0.05, 0) is 22.0 Å². The second-order valence-corrected chi connectivity index (χ2v) is 7.31. The molecule has 0 amide bonds. The number of nitrogens with zero attached hydrogens (tertiary/aromatic N) is 2. The van der Waals surface area contributed by atoms with Crippen LogP contribution in [0.3, 0.4) is 0 Å². The van der Waals surface area contributed by atoms with Crippen LogP contribution >= 0.6 is 15.9 Å². The van der Waals surface area contributed by atoms with Crippen molar-refractivity contribution in [2.24, 2.45) is 0 Å². The highest BCUT2D eigenvalue weighted by atomic mass is 79.9. The second-order valence-electron chi connectivity index (χ2n) is 4.47. The molecule has 106 valence electrons. The molecule has 1 aliphatic heterocycles. The van der Waals surface area contributed by atoms with E-state index in [1.54, 1.807) is 0 Å². The molecule has 8 heteroatoms. The van der Waals surface area contributed by atoms with E-state index in [1.165, 1.54) is 22.7 Å². The van der Waals surface area contributed by atoms with Gasteiger partial charge in [0.2, 0.25) is 10.0 Å². The standard InChI is InChI=1S/C11H15BrFN3O2S/c1-19(17,18)16-4-2-15(3-5-16)11-7-9(13)8(12)6-10(11)14/h6-7H,2-5,14H2,1H3. The SMILES string of the molecule is CS(=O)(=O)N1CCN(c2cc(F)c(Br)cc2N)CC1. The molecular weight excluding hydrogens is 337 g/mol. The fourth-order valence-electron chi connectivity index (χ4n) is 2.09. The van der Waals surface area contributed by atoms with E-state index in [9.17, 15) is 12.8 Å². The average molecular weight is 352 g/mol. The fourth-order valence-corrected chi connectivity index (χ4v) is 3.27.